The Morgan fingerprint density at radius 2 is 2.44 bits per heavy atom. The van der Waals surface area contributed by atoms with E-state index in [0.29, 0.717) is 12.1 Å². The highest BCUT2D eigenvalue weighted by molar-refractivity contribution is 4.80. The minimum absolute atomic E-state index is 0.468. The summed E-state index contributed by atoms with van der Waals surface area (Å²) in [6.45, 7) is 6.18. The molecule has 1 rings (SSSR count). The van der Waals surface area contributed by atoms with Crippen molar-refractivity contribution in [2.45, 2.75) is 32.4 Å². The molecule has 2 atom stereocenters. The van der Waals surface area contributed by atoms with Gasteiger partial charge >= 0.3 is 0 Å². The summed E-state index contributed by atoms with van der Waals surface area (Å²) in [6.07, 6.45) is 1.64. The minimum atomic E-state index is 0.468. The minimum Gasteiger partial charge on any atom is -0.377 e. The lowest BCUT2D eigenvalue weighted by molar-refractivity contribution is 0.0583. The van der Waals surface area contributed by atoms with Crippen molar-refractivity contribution in [3.63, 3.8) is 0 Å². The van der Waals surface area contributed by atoms with Crippen LogP contribution in [0.1, 0.15) is 20.3 Å². The Kier molecular flexibility index (Phi) is 2.49. The fraction of sp³-hybridized carbons (Fsp3) is 1.00. The van der Waals surface area contributed by atoms with E-state index in [2.05, 4.69) is 12.2 Å². The van der Waals surface area contributed by atoms with Gasteiger partial charge in [0.25, 0.3) is 0 Å². The number of nitrogens with one attached hydrogen (secondary N) is 1. The van der Waals surface area contributed by atoms with Crippen LogP contribution in [0.3, 0.4) is 0 Å². The molecule has 0 saturated carbocycles. The maximum absolute atomic E-state index is 5.45. The molecule has 0 aromatic heterocycles. The molecule has 0 aromatic rings. The van der Waals surface area contributed by atoms with Gasteiger partial charge in [0, 0.05) is 12.6 Å². The maximum atomic E-state index is 5.45. The van der Waals surface area contributed by atoms with Crippen LogP contribution in [-0.2, 0) is 4.74 Å². The zero-order chi connectivity index (χ0) is 6.69. The van der Waals surface area contributed by atoms with E-state index in [1.54, 1.807) is 0 Å². The van der Waals surface area contributed by atoms with Gasteiger partial charge in [-0.05, 0) is 26.8 Å². The summed E-state index contributed by atoms with van der Waals surface area (Å²) in [5.74, 6) is 0. The van der Waals surface area contributed by atoms with Gasteiger partial charge in [0.05, 0.1) is 6.10 Å². The molecule has 1 saturated heterocycles. The largest absolute Gasteiger partial charge is 0.377 e. The Hall–Kier alpha value is -0.0800. The highest BCUT2D eigenvalue weighted by Gasteiger charge is 2.22. The second-order valence-electron chi connectivity index (χ2n) is 2.53. The van der Waals surface area contributed by atoms with Crippen LogP contribution in [0.15, 0.2) is 0 Å². The number of hydrogen-bond donors (Lipinski definition) is 1. The third-order valence-corrected chi connectivity index (χ3v) is 1.83. The Bertz CT molecular complexity index is 85.0. The molecule has 0 aromatic carbocycles. The van der Waals surface area contributed by atoms with Crippen molar-refractivity contribution in [3.05, 3.63) is 0 Å². The van der Waals surface area contributed by atoms with E-state index in [1.165, 1.54) is 6.42 Å². The van der Waals surface area contributed by atoms with E-state index >= 15 is 0 Å². The van der Waals surface area contributed by atoms with E-state index in [4.69, 9.17) is 4.74 Å². The maximum Gasteiger partial charge on any atom is 0.0737 e. The first-order valence-electron chi connectivity index (χ1n) is 3.69. The van der Waals surface area contributed by atoms with Crippen LogP contribution in [0.25, 0.3) is 0 Å². The normalized spacial score (nSPS) is 35.3. The standard InChI is InChI=1S/C7H15NO/c1-3-9-7-4-5-8-6(7)2/h6-8H,3-5H2,1-2H3/t6-,7+/m0/s1. The molecule has 1 aliphatic rings. The Morgan fingerprint density at radius 3 is 2.89 bits per heavy atom. The van der Waals surface area contributed by atoms with Crippen LogP contribution in [0.5, 0.6) is 0 Å². The fourth-order valence-corrected chi connectivity index (χ4v) is 1.28. The molecule has 0 amide bonds. The van der Waals surface area contributed by atoms with E-state index in [9.17, 15) is 0 Å². The average molecular weight is 129 g/mol. The summed E-state index contributed by atoms with van der Waals surface area (Å²) >= 11 is 0. The van der Waals surface area contributed by atoms with Gasteiger partial charge in [-0.3, -0.25) is 0 Å². The van der Waals surface area contributed by atoms with Crippen LogP contribution >= 0.6 is 0 Å². The second-order valence-corrected chi connectivity index (χ2v) is 2.53. The molecular weight excluding hydrogens is 114 g/mol. The summed E-state index contributed by atoms with van der Waals surface area (Å²) in [5.41, 5.74) is 0. The van der Waals surface area contributed by atoms with Gasteiger partial charge in [-0.2, -0.15) is 0 Å². The molecule has 0 unspecified atom stereocenters. The van der Waals surface area contributed by atoms with Crippen molar-refractivity contribution in [1.29, 1.82) is 0 Å². The van der Waals surface area contributed by atoms with Crippen LogP contribution < -0.4 is 5.32 Å². The number of ether oxygens (including phenoxy) is 1. The summed E-state index contributed by atoms with van der Waals surface area (Å²) in [5, 5.41) is 3.33. The van der Waals surface area contributed by atoms with Gasteiger partial charge in [-0.25, -0.2) is 0 Å². The quantitative estimate of drug-likeness (QED) is 0.594. The van der Waals surface area contributed by atoms with Crippen molar-refractivity contribution < 1.29 is 4.74 Å². The molecule has 2 heteroatoms. The zero-order valence-electron chi connectivity index (χ0n) is 6.18. The molecule has 0 radical (unpaired) electrons. The van der Waals surface area contributed by atoms with Crippen molar-refractivity contribution in [2.24, 2.45) is 0 Å². The Labute approximate surface area is 56.6 Å². The van der Waals surface area contributed by atoms with E-state index in [1.807, 2.05) is 6.92 Å². The smallest absolute Gasteiger partial charge is 0.0737 e. The Morgan fingerprint density at radius 1 is 1.67 bits per heavy atom. The van der Waals surface area contributed by atoms with Crippen LogP contribution in [0, 0.1) is 0 Å². The van der Waals surface area contributed by atoms with Crippen molar-refractivity contribution >= 4 is 0 Å². The van der Waals surface area contributed by atoms with Gasteiger partial charge in [-0.15, -0.1) is 0 Å². The molecule has 1 aliphatic heterocycles. The molecule has 1 fully saturated rings. The topological polar surface area (TPSA) is 21.3 Å². The lowest BCUT2D eigenvalue weighted by atomic mass is 10.2. The zero-order valence-corrected chi connectivity index (χ0v) is 6.18. The first kappa shape index (κ1) is 7.03. The number of hydrogen-bond acceptors (Lipinski definition) is 2. The van der Waals surface area contributed by atoms with E-state index in [0.717, 1.165) is 13.2 Å². The summed E-state index contributed by atoms with van der Waals surface area (Å²) in [4.78, 5) is 0. The third kappa shape index (κ3) is 1.66. The van der Waals surface area contributed by atoms with Crippen molar-refractivity contribution in [3.8, 4) is 0 Å². The van der Waals surface area contributed by atoms with Crippen molar-refractivity contribution in [1.82, 2.24) is 5.32 Å². The first-order chi connectivity index (χ1) is 4.34. The molecule has 0 spiro atoms. The highest BCUT2D eigenvalue weighted by atomic mass is 16.5. The van der Waals surface area contributed by atoms with Crippen LogP contribution in [-0.4, -0.2) is 25.3 Å². The summed E-state index contributed by atoms with van der Waals surface area (Å²) in [7, 11) is 0. The van der Waals surface area contributed by atoms with Crippen LogP contribution in [0.2, 0.25) is 0 Å². The summed E-state index contributed by atoms with van der Waals surface area (Å²) in [6, 6.07) is 0.560. The SMILES string of the molecule is CCO[C@@H]1CCN[C@H]1C. The van der Waals surface area contributed by atoms with E-state index < -0.39 is 0 Å². The molecule has 1 heterocycles. The molecule has 1 N–H and O–H groups in total. The third-order valence-electron chi connectivity index (χ3n) is 1.83. The lowest BCUT2D eigenvalue weighted by Gasteiger charge is -2.13. The number of rotatable bonds is 2. The fourth-order valence-electron chi connectivity index (χ4n) is 1.28. The lowest BCUT2D eigenvalue weighted by Crippen LogP contribution is -2.28. The Balaban J connectivity index is 2.22. The van der Waals surface area contributed by atoms with Crippen LogP contribution in [0.4, 0.5) is 0 Å². The van der Waals surface area contributed by atoms with Gasteiger partial charge < -0.3 is 10.1 Å². The van der Waals surface area contributed by atoms with Gasteiger partial charge in [0.1, 0.15) is 0 Å². The predicted molar refractivity (Wildman–Crippen MR) is 37.5 cm³/mol. The molecule has 54 valence electrons. The molecular formula is C7H15NO. The molecule has 0 aliphatic carbocycles. The van der Waals surface area contributed by atoms with Gasteiger partial charge in [0.2, 0.25) is 0 Å². The van der Waals surface area contributed by atoms with Crippen molar-refractivity contribution in [2.75, 3.05) is 13.2 Å². The molecule has 9 heavy (non-hydrogen) atoms. The molecule has 2 nitrogen and oxygen atoms in total. The van der Waals surface area contributed by atoms with Gasteiger partial charge in [0.15, 0.2) is 0 Å². The second kappa shape index (κ2) is 3.18. The monoisotopic (exact) mass is 129 g/mol. The highest BCUT2D eigenvalue weighted by Crippen LogP contribution is 2.09. The predicted octanol–water partition coefficient (Wildman–Crippen LogP) is 0.773. The average Bonchev–Trinajstić information content (AvgIpc) is 2.18. The molecule has 0 bridgehead atoms. The first-order valence-corrected chi connectivity index (χ1v) is 3.69. The van der Waals surface area contributed by atoms with Gasteiger partial charge in [-0.1, -0.05) is 0 Å². The summed E-state index contributed by atoms with van der Waals surface area (Å²) < 4.78 is 5.45. The van der Waals surface area contributed by atoms with E-state index in [-0.39, 0.29) is 0 Å².